The summed E-state index contributed by atoms with van der Waals surface area (Å²) in [4.78, 5) is 12.7. The molecule has 4 nitrogen and oxygen atoms in total. The average Bonchev–Trinajstić information content (AvgIpc) is 3.74. The summed E-state index contributed by atoms with van der Waals surface area (Å²) in [5, 5.41) is 31.2. The lowest BCUT2D eigenvalue weighted by molar-refractivity contribution is -0.128. The summed E-state index contributed by atoms with van der Waals surface area (Å²) in [5.74, 6) is 2.01. The van der Waals surface area contributed by atoms with Crippen LogP contribution in [0.4, 0.5) is 0 Å². The molecule has 0 radical (unpaired) electrons. The monoisotopic (exact) mass is 480 g/mol. The first-order valence-electron chi connectivity index (χ1n) is 14.0. The number of allylic oxidation sites excluding steroid dienone is 4. The lowest BCUT2D eigenvalue weighted by Crippen LogP contribution is -2.36. The minimum atomic E-state index is -0.645. The number of ketones is 1. The molecule has 0 unspecified atom stereocenters. The molecule has 0 spiro atoms. The Hall–Kier alpha value is -1.49. The van der Waals surface area contributed by atoms with Crippen LogP contribution in [0.2, 0.25) is 0 Å². The van der Waals surface area contributed by atoms with E-state index in [1.807, 2.05) is 6.08 Å². The summed E-state index contributed by atoms with van der Waals surface area (Å²) in [5.41, 5.74) is 2.99. The first-order valence-corrected chi connectivity index (χ1v) is 14.0. The molecule has 5 aliphatic rings. The molecule has 5 rings (SSSR count). The number of hydrogen-bond acceptors (Lipinski definition) is 4. The Kier molecular flexibility index (Phi) is 6.78. The molecule has 0 aliphatic heterocycles. The van der Waals surface area contributed by atoms with Gasteiger partial charge < -0.3 is 15.3 Å². The quantitative estimate of drug-likeness (QED) is 0.424. The van der Waals surface area contributed by atoms with Crippen LogP contribution in [-0.4, -0.2) is 39.4 Å². The first kappa shape index (κ1) is 25.2. The van der Waals surface area contributed by atoms with Gasteiger partial charge in [0.05, 0.1) is 23.7 Å². The van der Waals surface area contributed by atoms with Crippen molar-refractivity contribution in [3.63, 3.8) is 0 Å². The third kappa shape index (κ3) is 4.67. The molecular weight excluding hydrogens is 436 g/mol. The number of carbonyl (C=O) groups is 1. The fourth-order valence-corrected chi connectivity index (χ4v) is 7.78. The molecule has 0 aromatic carbocycles. The number of aliphatic hydroxyl groups is 3. The highest BCUT2D eigenvalue weighted by atomic mass is 16.3. The van der Waals surface area contributed by atoms with E-state index in [0.717, 1.165) is 43.3 Å². The van der Waals surface area contributed by atoms with Crippen LogP contribution >= 0.6 is 0 Å². The molecule has 0 aromatic rings. The average molecular weight is 481 g/mol. The van der Waals surface area contributed by atoms with Gasteiger partial charge in [0.2, 0.25) is 0 Å². The Balaban J connectivity index is 1.27. The molecule has 192 valence electrons. The Morgan fingerprint density at radius 3 is 2.51 bits per heavy atom. The van der Waals surface area contributed by atoms with Crippen LogP contribution in [0.1, 0.15) is 84.5 Å². The minimum Gasteiger partial charge on any atom is -0.393 e. The van der Waals surface area contributed by atoms with Gasteiger partial charge in [-0.25, -0.2) is 0 Å². The van der Waals surface area contributed by atoms with Gasteiger partial charge in [0, 0.05) is 12.3 Å². The number of Topliss-reactive ketones (excluding diaryl/α,β-unsaturated/α-hetero) is 1. The van der Waals surface area contributed by atoms with Gasteiger partial charge in [0.25, 0.3) is 0 Å². The summed E-state index contributed by atoms with van der Waals surface area (Å²) in [7, 11) is 0. The molecule has 0 amide bonds. The van der Waals surface area contributed by atoms with Crippen molar-refractivity contribution in [3.05, 3.63) is 47.6 Å². The van der Waals surface area contributed by atoms with Crippen molar-refractivity contribution in [1.82, 2.24) is 0 Å². The fraction of sp³-hybridized carbons (Fsp3) is 0.710. The third-order valence-electron chi connectivity index (χ3n) is 10.3. The van der Waals surface area contributed by atoms with Gasteiger partial charge in [-0.3, -0.25) is 4.79 Å². The normalized spacial score (nSPS) is 40.8. The smallest absolute Gasteiger partial charge is 0.145 e. The Morgan fingerprint density at radius 1 is 1.09 bits per heavy atom. The van der Waals surface area contributed by atoms with Crippen molar-refractivity contribution < 1.29 is 20.1 Å². The zero-order valence-corrected chi connectivity index (χ0v) is 21.6. The molecule has 5 saturated carbocycles. The zero-order valence-electron chi connectivity index (χ0n) is 21.6. The molecule has 7 atom stereocenters. The first-order chi connectivity index (χ1) is 16.7. The maximum atomic E-state index is 12.7. The summed E-state index contributed by atoms with van der Waals surface area (Å²) in [6.07, 6.45) is 17.3. The predicted molar refractivity (Wildman–Crippen MR) is 138 cm³/mol. The Labute approximate surface area is 210 Å². The third-order valence-corrected chi connectivity index (χ3v) is 10.3. The Morgan fingerprint density at radius 2 is 1.83 bits per heavy atom. The lowest BCUT2D eigenvalue weighted by atomic mass is 9.61. The van der Waals surface area contributed by atoms with Crippen LogP contribution in [0.15, 0.2) is 47.6 Å². The second kappa shape index (κ2) is 9.43. The van der Waals surface area contributed by atoms with Crippen LogP contribution in [0.3, 0.4) is 0 Å². The topological polar surface area (TPSA) is 77.8 Å². The largest absolute Gasteiger partial charge is 0.393 e. The molecule has 35 heavy (non-hydrogen) atoms. The highest BCUT2D eigenvalue weighted by Gasteiger charge is 2.57. The number of aliphatic hydroxyl groups excluding tert-OH is 3. The van der Waals surface area contributed by atoms with Crippen molar-refractivity contribution >= 4 is 5.78 Å². The van der Waals surface area contributed by atoms with E-state index in [4.69, 9.17) is 0 Å². The number of carbonyl (C=O) groups excluding carboxylic acids is 1. The van der Waals surface area contributed by atoms with E-state index >= 15 is 0 Å². The van der Waals surface area contributed by atoms with E-state index in [1.54, 1.807) is 0 Å². The van der Waals surface area contributed by atoms with Gasteiger partial charge in [0.15, 0.2) is 0 Å². The van der Waals surface area contributed by atoms with Crippen molar-refractivity contribution in [2.45, 2.75) is 103 Å². The highest BCUT2D eigenvalue weighted by molar-refractivity contribution is 5.92. The van der Waals surface area contributed by atoms with Crippen LogP contribution in [-0.2, 0) is 4.79 Å². The Bertz CT molecular complexity index is 949. The van der Waals surface area contributed by atoms with Crippen molar-refractivity contribution in [2.24, 2.45) is 34.5 Å². The summed E-state index contributed by atoms with van der Waals surface area (Å²) < 4.78 is 0. The summed E-state index contributed by atoms with van der Waals surface area (Å²) in [6.45, 7) is 8.81. The molecule has 5 fully saturated rings. The molecule has 4 heteroatoms. The van der Waals surface area contributed by atoms with E-state index in [2.05, 4.69) is 38.7 Å². The van der Waals surface area contributed by atoms with E-state index in [0.29, 0.717) is 36.4 Å². The maximum absolute atomic E-state index is 12.7. The maximum Gasteiger partial charge on any atom is 0.145 e. The minimum absolute atomic E-state index is 0.215. The molecule has 0 bridgehead atoms. The SMILES string of the molecule is C=C1/C(=C\C=C2/CCC[C@]3(C)[C@@H]([C@H](C)/C=C/[C@@H](O)C4(C(=O)C5CC5)CC4)CC[C@@H]23)C[C@@H](O)C[C@@H]1O. The van der Waals surface area contributed by atoms with E-state index in [-0.39, 0.29) is 11.3 Å². The molecule has 0 heterocycles. The zero-order chi connectivity index (χ0) is 25.0. The van der Waals surface area contributed by atoms with Gasteiger partial charge in [-0.2, -0.15) is 0 Å². The van der Waals surface area contributed by atoms with Crippen molar-refractivity contribution in [3.8, 4) is 0 Å². The number of rotatable bonds is 7. The molecule has 0 saturated heterocycles. The van der Waals surface area contributed by atoms with E-state index < -0.39 is 23.7 Å². The van der Waals surface area contributed by atoms with Crippen LogP contribution in [0, 0.1) is 34.5 Å². The number of fused-ring (bicyclic) bond motifs is 1. The van der Waals surface area contributed by atoms with Crippen LogP contribution < -0.4 is 0 Å². The second-order valence-corrected chi connectivity index (χ2v) is 12.6. The lowest BCUT2D eigenvalue weighted by Gasteiger charge is -2.44. The standard InChI is InChI=1S/C31H44O4/c1-19(6-13-28(34)31(15-16-31)29(35)22-8-9-22)25-11-12-26-21(5-4-14-30(25,26)3)7-10-23-17-24(32)18-27(33)20(23)2/h6-7,10,13,19,22,24-28,32-34H,2,4-5,8-9,11-12,14-18H2,1,3H3/b13-6+,21-7+,23-10-/t19-,24-,25-,26+,27+,28-,30-/m1/s1. The fourth-order valence-electron chi connectivity index (χ4n) is 7.78. The molecular formula is C31H44O4. The second-order valence-electron chi connectivity index (χ2n) is 12.6. The van der Waals surface area contributed by atoms with Crippen LogP contribution in [0.5, 0.6) is 0 Å². The van der Waals surface area contributed by atoms with E-state index in [9.17, 15) is 20.1 Å². The molecule has 0 aromatic heterocycles. The summed E-state index contributed by atoms with van der Waals surface area (Å²) >= 11 is 0. The van der Waals surface area contributed by atoms with Crippen molar-refractivity contribution in [1.29, 1.82) is 0 Å². The van der Waals surface area contributed by atoms with Gasteiger partial charge in [0.1, 0.15) is 5.78 Å². The predicted octanol–water partition coefficient (Wildman–Crippen LogP) is 5.44. The summed E-state index contributed by atoms with van der Waals surface area (Å²) in [6, 6.07) is 0. The highest BCUT2D eigenvalue weighted by Crippen LogP contribution is 2.60. The van der Waals surface area contributed by atoms with Gasteiger partial charge in [-0.05, 0) is 98.5 Å². The number of hydrogen-bond donors (Lipinski definition) is 3. The van der Waals surface area contributed by atoms with Crippen molar-refractivity contribution in [2.75, 3.05) is 0 Å². The van der Waals surface area contributed by atoms with Gasteiger partial charge in [-0.1, -0.05) is 50.3 Å². The van der Waals surface area contributed by atoms with Gasteiger partial charge >= 0.3 is 0 Å². The molecule has 3 N–H and O–H groups in total. The van der Waals surface area contributed by atoms with E-state index in [1.165, 1.54) is 31.3 Å². The van der Waals surface area contributed by atoms with Gasteiger partial charge in [-0.15, -0.1) is 0 Å². The van der Waals surface area contributed by atoms with Crippen LogP contribution in [0.25, 0.3) is 0 Å². The molecule has 5 aliphatic carbocycles.